The molecule has 6 nitrogen and oxygen atoms in total. The molecule has 0 unspecified atom stereocenters. The summed E-state index contributed by atoms with van der Waals surface area (Å²) in [6, 6.07) is 0. The molecule has 0 saturated heterocycles. The maximum absolute atomic E-state index is 13.5. The largest absolute Gasteiger partial charge is 0.354 e. The molecular weight excluding hydrogens is 1090 g/mol. The number of unbranched alkanes of at least 4 members (excludes halogenated alkanes) is 6. The van der Waals surface area contributed by atoms with E-state index in [0.29, 0.717) is 26.4 Å². The lowest BCUT2D eigenvalue weighted by Gasteiger charge is -2.22. The summed E-state index contributed by atoms with van der Waals surface area (Å²) in [7, 11) is -6.39. The second-order valence-electron chi connectivity index (χ2n) is 12.3. The molecular formula is C35H50O6P2S16. The van der Waals surface area contributed by atoms with Crippen LogP contribution in [0, 0.1) is 0 Å². The van der Waals surface area contributed by atoms with Crippen LogP contribution in [0.3, 0.4) is 0 Å². The van der Waals surface area contributed by atoms with Gasteiger partial charge in [-0.3, -0.25) is 9.13 Å². The van der Waals surface area contributed by atoms with Gasteiger partial charge in [0, 0.05) is 5.08 Å². The summed E-state index contributed by atoms with van der Waals surface area (Å²) in [4.78, 5) is 0. The van der Waals surface area contributed by atoms with Crippen molar-refractivity contribution < 1.29 is 27.2 Å². The molecule has 59 heavy (non-hydrogen) atoms. The van der Waals surface area contributed by atoms with Gasteiger partial charge in [-0.05, 0) is 52.0 Å². The Morgan fingerprint density at radius 2 is 0.712 bits per heavy atom. The van der Waals surface area contributed by atoms with Gasteiger partial charge in [0.05, 0.1) is 77.3 Å². The second kappa shape index (κ2) is 26.9. The van der Waals surface area contributed by atoms with Crippen LogP contribution >= 0.6 is 203 Å². The minimum absolute atomic E-state index is 0.241. The van der Waals surface area contributed by atoms with Crippen molar-refractivity contribution in [3.05, 3.63) is 50.8 Å². The van der Waals surface area contributed by atoms with Gasteiger partial charge in [0.25, 0.3) is 0 Å². The molecule has 0 amide bonds. The maximum atomic E-state index is 13.5. The van der Waals surface area contributed by atoms with E-state index in [4.69, 9.17) is 18.1 Å². The molecule has 0 spiro atoms. The van der Waals surface area contributed by atoms with Gasteiger partial charge in [-0.25, -0.2) is 0 Å². The third-order valence-corrected chi connectivity index (χ3v) is 39.1. The van der Waals surface area contributed by atoms with E-state index in [9.17, 15) is 9.13 Å². The van der Waals surface area contributed by atoms with Gasteiger partial charge in [-0.15, -0.1) is 47.0 Å². The summed E-state index contributed by atoms with van der Waals surface area (Å²) < 4.78 is 65.6. The van der Waals surface area contributed by atoms with Gasteiger partial charge in [-0.2, -0.15) is 0 Å². The standard InChI is InChI=1S/C35H50O6P2S16/c1-7-13-15-17-19-44-22-24(50-26(48-22)28-52-30-31(53-28)57-34(56-30)42(36,38-9-3)39-10-4)46-21-47-25-23(45-20-18-16-14-8-2)49-27(51-25)29-54-32-33(55-29)59-35(58-32)43(37,40-11-5)41-12-6/h34-35H,7-21H2,1-6H3. The molecule has 0 radical (unpaired) electrons. The lowest BCUT2D eigenvalue weighted by atomic mass is 10.2. The minimum Gasteiger partial charge on any atom is -0.307 e. The molecule has 0 bridgehead atoms. The number of hydrogen-bond acceptors (Lipinski definition) is 22. The molecule has 0 N–H and O–H groups in total. The third kappa shape index (κ3) is 14.7. The predicted octanol–water partition coefficient (Wildman–Crippen LogP) is 19.8. The summed E-state index contributed by atoms with van der Waals surface area (Å²) in [5.41, 5.74) is 0. The highest BCUT2D eigenvalue weighted by molar-refractivity contribution is 8.51. The molecule has 332 valence electrons. The average Bonchev–Trinajstić information content (AvgIpc) is 4.05. The maximum Gasteiger partial charge on any atom is 0.354 e. The molecule has 0 saturated carbocycles. The zero-order chi connectivity index (χ0) is 41.8. The molecule has 24 heteroatoms. The smallest absolute Gasteiger partial charge is 0.307 e. The van der Waals surface area contributed by atoms with Crippen LogP contribution < -0.4 is 0 Å². The molecule has 0 aromatic heterocycles. The first-order valence-electron chi connectivity index (χ1n) is 19.5. The van der Waals surface area contributed by atoms with Crippen LogP contribution in [0.2, 0.25) is 0 Å². The molecule has 6 heterocycles. The number of thioether (sulfide) groups is 16. The number of hydrogen-bond donors (Lipinski definition) is 0. The minimum atomic E-state index is -3.19. The van der Waals surface area contributed by atoms with Crippen LogP contribution in [-0.4, -0.2) is 51.7 Å². The zero-order valence-electron chi connectivity index (χ0n) is 33.6. The van der Waals surface area contributed by atoms with Crippen LogP contribution in [-0.2, 0) is 27.2 Å². The molecule has 6 rings (SSSR count). The predicted molar refractivity (Wildman–Crippen MR) is 296 cm³/mol. The van der Waals surface area contributed by atoms with Gasteiger partial charge in [-0.1, -0.05) is 194 Å². The van der Waals surface area contributed by atoms with E-state index >= 15 is 0 Å². The van der Waals surface area contributed by atoms with Crippen LogP contribution in [0.5, 0.6) is 0 Å². The highest BCUT2D eigenvalue weighted by atomic mass is 32.3. The van der Waals surface area contributed by atoms with E-state index in [1.807, 2.05) is 169 Å². The van der Waals surface area contributed by atoms with Crippen LogP contribution in [0.4, 0.5) is 0 Å². The van der Waals surface area contributed by atoms with E-state index in [-0.39, 0.29) is 8.65 Å². The Morgan fingerprint density at radius 1 is 0.407 bits per heavy atom. The summed E-state index contributed by atoms with van der Waals surface area (Å²) >= 11 is 29.9. The van der Waals surface area contributed by atoms with Crippen molar-refractivity contribution in [2.24, 2.45) is 0 Å². The van der Waals surface area contributed by atoms with Gasteiger partial charge >= 0.3 is 15.2 Å². The van der Waals surface area contributed by atoms with Crippen molar-refractivity contribution in [3.63, 3.8) is 0 Å². The van der Waals surface area contributed by atoms with Gasteiger partial charge in [0.1, 0.15) is 0 Å². The Bertz CT molecular complexity index is 1620. The molecule has 0 aliphatic carbocycles. The molecule has 0 aromatic carbocycles. The van der Waals surface area contributed by atoms with Crippen molar-refractivity contribution in [3.8, 4) is 0 Å². The van der Waals surface area contributed by atoms with Gasteiger partial charge < -0.3 is 18.1 Å². The summed E-state index contributed by atoms with van der Waals surface area (Å²) in [5, 5.41) is 0.968. The van der Waals surface area contributed by atoms with Crippen molar-refractivity contribution in [1.29, 1.82) is 0 Å². The Morgan fingerprint density at radius 3 is 1.02 bits per heavy atom. The van der Waals surface area contributed by atoms with Crippen molar-refractivity contribution in [1.82, 2.24) is 0 Å². The van der Waals surface area contributed by atoms with Crippen LogP contribution in [0.25, 0.3) is 0 Å². The Hall–Kier alpha value is 4.34. The first-order valence-corrected chi connectivity index (χ1v) is 36.7. The van der Waals surface area contributed by atoms with Crippen LogP contribution in [0.15, 0.2) is 50.8 Å². The Labute approximate surface area is 420 Å². The molecule has 0 aromatic rings. The topological polar surface area (TPSA) is 71.1 Å². The fourth-order valence-electron chi connectivity index (χ4n) is 5.30. The molecule has 0 fully saturated rings. The summed E-state index contributed by atoms with van der Waals surface area (Å²) in [5.74, 6) is 2.31. The first-order chi connectivity index (χ1) is 28.7. The van der Waals surface area contributed by atoms with Crippen LogP contribution in [0.1, 0.15) is 92.9 Å². The van der Waals surface area contributed by atoms with Crippen molar-refractivity contribution in [2.75, 3.05) is 43.0 Å². The fraction of sp³-hybridized carbons (Fsp3) is 0.657. The fourth-order valence-corrected chi connectivity index (χ4v) is 38.5. The van der Waals surface area contributed by atoms with Gasteiger partial charge in [0.15, 0.2) is 8.65 Å². The number of rotatable bonds is 26. The summed E-state index contributed by atoms with van der Waals surface area (Å²) in [6.07, 6.45) is 10.2. The van der Waals surface area contributed by atoms with E-state index in [2.05, 4.69) is 13.8 Å². The first kappa shape index (κ1) is 52.7. The highest BCUT2D eigenvalue weighted by Crippen LogP contribution is 2.78. The lowest BCUT2D eigenvalue weighted by molar-refractivity contribution is 0.221. The second-order valence-corrected chi connectivity index (χ2v) is 38.8. The Kier molecular flexibility index (Phi) is 24.1. The van der Waals surface area contributed by atoms with E-state index in [1.54, 1.807) is 47.0 Å². The molecule has 0 atom stereocenters. The van der Waals surface area contributed by atoms with E-state index < -0.39 is 15.2 Å². The summed E-state index contributed by atoms with van der Waals surface area (Å²) in [6.45, 7) is 13.6. The lowest BCUT2D eigenvalue weighted by Crippen LogP contribution is -2.04. The average molecular weight is 1140 g/mol. The van der Waals surface area contributed by atoms with E-state index in [0.717, 1.165) is 16.6 Å². The molecule has 6 aliphatic rings. The molecule has 6 aliphatic heterocycles. The SMILES string of the molecule is CCCCCCSC1=C(SCSC2=C(SCCCCCC)SC(=C3SC4=C(S3)SC(P(=O)(OCC)OCC)S4)S2)SC(=C2SC3=C(S2)SC(P(=O)(OCC)OCC)S3)S1. The quantitative estimate of drug-likeness (QED) is 0.0468. The monoisotopic (exact) mass is 1140 g/mol. The van der Waals surface area contributed by atoms with E-state index in [1.165, 1.54) is 102 Å². The zero-order valence-corrected chi connectivity index (χ0v) is 48.5. The van der Waals surface area contributed by atoms with Crippen molar-refractivity contribution >= 4 is 203 Å². The third-order valence-electron chi connectivity index (χ3n) is 7.91. The Balaban J connectivity index is 1.09. The normalized spacial score (nSPS) is 20.7. The van der Waals surface area contributed by atoms with Crippen molar-refractivity contribution in [2.45, 2.75) is 102 Å². The highest BCUT2D eigenvalue weighted by Gasteiger charge is 2.48. The van der Waals surface area contributed by atoms with Gasteiger partial charge in [0.2, 0.25) is 0 Å².